The number of rotatable bonds is 7. The van der Waals surface area contributed by atoms with Gasteiger partial charge in [0, 0.05) is 0 Å². The minimum Gasteiger partial charge on any atom is -0.455 e. The van der Waals surface area contributed by atoms with E-state index in [1.165, 1.54) is 57.1 Å². The van der Waals surface area contributed by atoms with Crippen molar-refractivity contribution >= 4 is 14.0 Å². The molecule has 4 aliphatic carbocycles. The number of hydrogen-bond donors (Lipinski definition) is 0. The SMILES string of the molecule is CCC(/C=C/C(C)C1CCC2C3CCC4=C/C(=N/O[Si](C)(C)C)CCC4(C)C3CCC12C)C(C)C. The summed E-state index contributed by atoms with van der Waals surface area (Å²) in [6.07, 6.45) is 19.7. The molecule has 0 amide bonds. The number of fused-ring (bicyclic) bond motifs is 5. The van der Waals surface area contributed by atoms with E-state index in [-0.39, 0.29) is 0 Å². The molecule has 0 aromatic carbocycles. The Bertz CT molecular complexity index is 850. The summed E-state index contributed by atoms with van der Waals surface area (Å²) >= 11 is 0. The van der Waals surface area contributed by atoms with Gasteiger partial charge in [0.2, 0.25) is 0 Å². The van der Waals surface area contributed by atoms with Crippen LogP contribution in [0.4, 0.5) is 0 Å². The first kappa shape index (κ1) is 27.2. The largest absolute Gasteiger partial charge is 0.455 e. The molecule has 0 aromatic heterocycles. The van der Waals surface area contributed by atoms with E-state index in [4.69, 9.17) is 4.53 Å². The molecule has 198 valence electrons. The zero-order valence-corrected chi connectivity index (χ0v) is 25.5. The van der Waals surface area contributed by atoms with Gasteiger partial charge in [-0.2, -0.15) is 0 Å². The van der Waals surface area contributed by atoms with E-state index in [1.54, 1.807) is 5.57 Å². The molecule has 4 rings (SSSR count). The molecule has 3 fully saturated rings. The molecule has 8 atom stereocenters. The van der Waals surface area contributed by atoms with Gasteiger partial charge in [-0.1, -0.05) is 59.3 Å². The third-order valence-electron chi connectivity index (χ3n) is 11.1. The Morgan fingerprint density at radius 3 is 2.40 bits per heavy atom. The molecular weight excluding hydrogens is 442 g/mol. The van der Waals surface area contributed by atoms with Gasteiger partial charge in [-0.25, -0.2) is 0 Å². The highest BCUT2D eigenvalue weighted by atomic mass is 28.4. The van der Waals surface area contributed by atoms with E-state index in [0.29, 0.717) is 16.7 Å². The monoisotopic (exact) mass is 497 g/mol. The van der Waals surface area contributed by atoms with E-state index in [1.807, 2.05) is 0 Å². The zero-order valence-electron chi connectivity index (χ0n) is 24.5. The van der Waals surface area contributed by atoms with Gasteiger partial charge in [0.1, 0.15) is 0 Å². The molecule has 0 N–H and O–H groups in total. The van der Waals surface area contributed by atoms with Gasteiger partial charge in [-0.05, 0) is 136 Å². The predicted octanol–water partition coefficient (Wildman–Crippen LogP) is 9.65. The lowest BCUT2D eigenvalue weighted by Gasteiger charge is -2.58. The van der Waals surface area contributed by atoms with E-state index in [2.05, 4.69) is 84.6 Å². The molecule has 0 aromatic rings. The Morgan fingerprint density at radius 2 is 1.74 bits per heavy atom. The quantitative estimate of drug-likeness (QED) is 0.195. The molecule has 3 saturated carbocycles. The zero-order chi connectivity index (χ0) is 25.6. The van der Waals surface area contributed by atoms with Crippen molar-refractivity contribution in [3.05, 3.63) is 23.8 Å². The topological polar surface area (TPSA) is 21.6 Å². The van der Waals surface area contributed by atoms with Crippen molar-refractivity contribution in [2.45, 2.75) is 119 Å². The molecule has 0 spiro atoms. The maximum Gasteiger partial charge on any atom is 0.278 e. The van der Waals surface area contributed by atoms with Crippen LogP contribution in [-0.2, 0) is 4.53 Å². The Morgan fingerprint density at radius 1 is 1.00 bits per heavy atom. The average molecular weight is 498 g/mol. The summed E-state index contributed by atoms with van der Waals surface area (Å²) in [7, 11) is -1.61. The Hall–Kier alpha value is -0.833. The second-order valence-electron chi connectivity index (χ2n) is 14.6. The minimum absolute atomic E-state index is 0.387. The van der Waals surface area contributed by atoms with Crippen LogP contribution in [0.2, 0.25) is 19.6 Å². The van der Waals surface area contributed by atoms with Crippen LogP contribution in [0.3, 0.4) is 0 Å². The molecule has 2 nitrogen and oxygen atoms in total. The first-order valence-electron chi connectivity index (χ1n) is 15.0. The second kappa shape index (κ2) is 10.1. The minimum atomic E-state index is -1.61. The summed E-state index contributed by atoms with van der Waals surface area (Å²) in [6.45, 7) is 21.6. The maximum atomic E-state index is 5.92. The summed E-state index contributed by atoms with van der Waals surface area (Å²) in [4.78, 5) is 0. The van der Waals surface area contributed by atoms with Crippen LogP contribution in [0.5, 0.6) is 0 Å². The van der Waals surface area contributed by atoms with Crippen molar-refractivity contribution in [2.75, 3.05) is 0 Å². The van der Waals surface area contributed by atoms with Crippen molar-refractivity contribution < 1.29 is 4.53 Å². The molecule has 3 heteroatoms. The van der Waals surface area contributed by atoms with Gasteiger partial charge in [0.15, 0.2) is 0 Å². The molecule has 0 saturated heterocycles. The van der Waals surface area contributed by atoms with Crippen molar-refractivity contribution in [1.29, 1.82) is 0 Å². The molecule has 0 aliphatic heterocycles. The van der Waals surface area contributed by atoms with E-state index >= 15 is 0 Å². The Labute approximate surface area is 218 Å². The lowest BCUT2D eigenvalue weighted by atomic mass is 9.46. The van der Waals surface area contributed by atoms with Crippen molar-refractivity contribution in [3.63, 3.8) is 0 Å². The van der Waals surface area contributed by atoms with Crippen molar-refractivity contribution in [3.8, 4) is 0 Å². The van der Waals surface area contributed by atoms with E-state index < -0.39 is 8.32 Å². The standard InChI is InChI=1S/C32H55NOSi/c1-10-24(22(2)3)12-11-23(4)28-15-16-29-27-14-13-25-21-26(33-34-35(7,8)9)17-19-31(25,5)30(27)18-20-32(28,29)6/h11-12,21-24,27-30H,10,13-20H2,1-9H3/b12-11+,33-26+. The average Bonchev–Trinajstić information content (AvgIpc) is 3.14. The third-order valence-corrected chi connectivity index (χ3v) is 11.8. The van der Waals surface area contributed by atoms with Crippen LogP contribution in [0.1, 0.15) is 99.3 Å². The summed E-state index contributed by atoms with van der Waals surface area (Å²) in [5, 5.41) is 4.62. The second-order valence-corrected chi connectivity index (χ2v) is 19.0. The van der Waals surface area contributed by atoms with Crippen LogP contribution in [-0.4, -0.2) is 14.0 Å². The van der Waals surface area contributed by atoms with E-state index in [0.717, 1.165) is 41.9 Å². The Kier molecular flexibility index (Phi) is 7.89. The fraction of sp³-hybridized carbons (Fsp3) is 0.844. The number of oxime groups is 1. The summed E-state index contributed by atoms with van der Waals surface area (Å²) in [5.41, 5.74) is 3.82. The molecule has 0 bridgehead atoms. The van der Waals surface area contributed by atoms with Crippen molar-refractivity contribution in [2.24, 2.45) is 57.4 Å². The van der Waals surface area contributed by atoms with Gasteiger partial charge in [-0.3, -0.25) is 0 Å². The lowest BCUT2D eigenvalue weighted by molar-refractivity contribution is -0.0538. The van der Waals surface area contributed by atoms with Gasteiger partial charge in [0.25, 0.3) is 8.32 Å². The third kappa shape index (κ3) is 5.27. The smallest absolute Gasteiger partial charge is 0.278 e. The molecule has 8 unspecified atom stereocenters. The number of hydrogen-bond acceptors (Lipinski definition) is 2. The van der Waals surface area contributed by atoms with Crippen LogP contribution < -0.4 is 0 Å². The van der Waals surface area contributed by atoms with Gasteiger partial charge < -0.3 is 4.53 Å². The van der Waals surface area contributed by atoms with Gasteiger partial charge in [-0.15, -0.1) is 5.16 Å². The Balaban J connectivity index is 1.49. The normalized spacial score (nSPS) is 40.3. The number of allylic oxidation sites excluding steroid dienone is 4. The van der Waals surface area contributed by atoms with Crippen LogP contribution in [0.15, 0.2) is 29.0 Å². The maximum absolute atomic E-state index is 5.92. The van der Waals surface area contributed by atoms with Gasteiger partial charge >= 0.3 is 0 Å². The molecule has 0 heterocycles. The molecular formula is C32H55NOSi. The first-order chi connectivity index (χ1) is 16.4. The van der Waals surface area contributed by atoms with Crippen LogP contribution in [0.25, 0.3) is 0 Å². The highest BCUT2D eigenvalue weighted by molar-refractivity contribution is 6.69. The summed E-state index contributed by atoms with van der Waals surface area (Å²) < 4.78 is 5.92. The fourth-order valence-corrected chi connectivity index (χ4v) is 9.42. The summed E-state index contributed by atoms with van der Waals surface area (Å²) in [5.74, 6) is 5.78. The first-order valence-corrected chi connectivity index (χ1v) is 18.4. The highest BCUT2D eigenvalue weighted by Crippen LogP contribution is 2.67. The number of nitrogens with zero attached hydrogens (tertiary/aromatic N) is 1. The summed E-state index contributed by atoms with van der Waals surface area (Å²) in [6, 6.07) is 0. The predicted molar refractivity (Wildman–Crippen MR) is 154 cm³/mol. The molecule has 35 heavy (non-hydrogen) atoms. The lowest BCUT2D eigenvalue weighted by Crippen LogP contribution is -2.50. The highest BCUT2D eigenvalue weighted by Gasteiger charge is 2.59. The van der Waals surface area contributed by atoms with Crippen LogP contribution in [0, 0.1) is 52.3 Å². The molecule has 4 aliphatic rings. The molecule has 0 radical (unpaired) electrons. The van der Waals surface area contributed by atoms with Crippen molar-refractivity contribution in [1.82, 2.24) is 0 Å². The van der Waals surface area contributed by atoms with Gasteiger partial charge in [0.05, 0.1) is 5.71 Å². The van der Waals surface area contributed by atoms with Crippen LogP contribution >= 0.6 is 0 Å². The fourth-order valence-electron chi connectivity index (χ4n) is 9.02. The van der Waals surface area contributed by atoms with E-state index in [9.17, 15) is 0 Å².